The number of ether oxygens (including phenoxy) is 1. The van der Waals surface area contributed by atoms with Gasteiger partial charge >= 0.3 is 0 Å². The van der Waals surface area contributed by atoms with Crippen LogP contribution in [0.3, 0.4) is 0 Å². The molecular weight excluding hydrogens is 368 g/mol. The van der Waals surface area contributed by atoms with Gasteiger partial charge in [-0.25, -0.2) is 0 Å². The Balaban J connectivity index is 1.60. The number of primary amides is 1. The van der Waals surface area contributed by atoms with Gasteiger partial charge in [0.05, 0.1) is 18.3 Å². The van der Waals surface area contributed by atoms with E-state index in [2.05, 4.69) is 4.98 Å². The number of pyridine rings is 1. The van der Waals surface area contributed by atoms with E-state index in [-0.39, 0.29) is 24.3 Å². The molecule has 2 amide bonds. The van der Waals surface area contributed by atoms with E-state index in [4.69, 9.17) is 10.5 Å². The van der Waals surface area contributed by atoms with Crippen molar-refractivity contribution in [3.63, 3.8) is 0 Å². The van der Waals surface area contributed by atoms with Crippen LogP contribution in [-0.2, 0) is 16.1 Å². The number of hydrogen-bond donors (Lipinski definition) is 1. The molecule has 3 heterocycles. The second kappa shape index (κ2) is 7.95. The standard InChI is InChI=1S/C22H24N4O3/c1-29-18-4-2-3-17(13-18)20-21-15(5-9-24-20)6-12-26(21)14-19(27)25-10-7-16(8-11-25)22(23)28/h2-6,9,12-13,16H,7-8,10-11,14H2,1H3,(H2,23,28). The van der Waals surface area contributed by atoms with Crippen molar-refractivity contribution < 1.29 is 14.3 Å². The lowest BCUT2D eigenvalue weighted by Crippen LogP contribution is -2.42. The number of aromatic nitrogens is 2. The number of piperidine rings is 1. The predicted octanol–water partition coefficient (Wildman–Crippen LogP) is 2.44. The van der Waals surface area contributed by atoms with Gasteiger partial charge in [0.25, 0.3) is 0 Å². The van der Waals surface area contributed by atoms with Gasteiger partial charge in [0, 0.05) is 42.4 Å². The predicted molar refractivity (Wildman–Crippen MR) is 110 cm³/mol. The fourth-order valence-electron chi connectivity index (χ4n) is 3.92. The Morgan fingerprint density at radius 2 is 2.00 bits per heavy atom. The average molecular weight is 392 g/mol. The third-order valence-electron chi connectivity index (χ3n) is 5.58. The first-order valence-corrected chi connectivity index (χ1v) is 9.72. The van der Waals surface area contributed by atoms with Crippen molar-refractivity contribution in [1.29, 1.82) is 0 Å². The Morgan fingerprint density at radius 1 is 1.21 bits per heavy atom. The van der Waals surface area contributed by atoms with E-state index in [1.165, 1.54) is 0 Å². The van der Waals surface area contributed by atoms with Gasteiger partial charge < -0.3 is 19.9 Å². The second-order valence-corrected chi connectivity index (χ2v) is 7.33. The van der Waals surface area contributed by atoms with Gasteiger partial charge in [0.15, 0.2) is 0 Å². The molecule has 3 aromatic rings. The van der Waals surface area contributed by atoms with Crippen LogP contribution < -0.4 is 10.5 Å². The number of hydrogen-bond acceptors (Lipinski definition) is 4. The van der Waals surface area contributed by atoms with E-state index >= 15 is 0 Å². The summed E-state index contributed by atoms with van der Waals surface area (Å²) in [5.74, 6) is 0.386. The average Bonchev–Trinajstić information content (AvgIpc) is 3.16. The van der Waals surface area contributed by atoms with Gasteiger partial charge in [-0.2, -0.15) is 0 Å². The first-order chi connectivity index (χ1) is 14.1. The van der Waals surface area contributed by atoms with Gasteiger partial charge in [-0.1, -0.05) is 12.1 Å². The van der Waals surface area contributed by atoms with Crippen LogP contribution in [0.15, 0.2) is 48.8 Å². The van der Waals surface area contributed by atoms with E-state index < -0.39 is 0 Å². The van der Waals surface area contributed by atoms with Crippen molar-refractivity contribution in [2.24, 2.45) is 11.7 Å². The second-order valence-electron chi connectivity index (χ2n) is 7.33. The summed E-state index contributed by atoms with van der Waals surface area (Å²) < 4.78 is 7.29. The van der Waals surface area contributed by atoms with E-state index in [0.717, 1.165) is 27.9 Å². The Bertz CT molecular complexity index is 1050. The van der Waals surface area contributed by atoms with Gasteiger partial charge in [0.2, 0.25) is 11.8 Å². The van der Waals surface area contributed by atoms with Gasteiger partial charge in [-0.05, 0) is 37.1 Å². The van der Waals surface area contributed by atoms with Crippen LogP contribution in [0.25, 0.3) is 22.2 Å². The summed E-state index contributed by atoms with van der Waals surface area (Å²) in [7, 11) is 1.63. The van der Waals surface area contributed by atoms with Crippen molar-refractivity contribution >= 4 is 22.7 Å². The van der Waals surface area contributed by atoms with Gasteiger partial charge in [-0.15, -0.1) is 0 Å². The molecule has 0 saturated carbocycles. The molecule has 0 radical (unpaired) electrons. The van der Waals surface area contributed by atoms with Crippen LogP contribution in [-0.4, -0.2) is 46.5 Å². The number of amides is 2. The minimum Gasteiger partial charge on any atom is -0.497 e. The van der Waals surface area contributed by atoms with E-state index in [1.807, 2.05) is 52.1 Å². The zero-order valence-corrected chi connectivity index (χ0v) is 16.4. The van der Waals surface area contributed by atoms with Crippen molar-refractivity contribution in [1.82, 2.24) is 14.5 Å². The van der Waals surface area contributed by atoms with Crippen LogP contribution in [0.2, 0.25) is 0 Å². The lowest BCUT2D eigenvalue weighted by molar-refractivity contribution is -0.135. The fourth-order valence-corrected chi connectivity index (χ4v) is 3.92. The summed E-state index contributed by atoms with van der Waals surface area (Å²) in [6.45, 7) is 1.35. The zero-order valence-electron chi connectivity index (χ0n) is 16.4. The molecule has 1 saturated heterocycles. The Morgan fingerprint density at radius 3 is 2.72 bits per heavy atom. The fraction of sp³-hybridized carbons (Fsp3) is 0.318. The van der Waals surface area contributed by atoms with Crippen molar-refractivity contribution in [2.75, 3.05) is 20.2 Å². The summed E-state index contributed by atoms with van der Waals surface area (Å²) in [6.07, 6.45) is 4.95. The monoisotopic (exact) mass is 392 g/mol. The number of nitrogens with zero attached hydrogens (tertiary/aromatic N) is 3. The molecule has 0 atom stereocenters. The highest BCUT2D eigenvalue weighted by Crippen LogP contribution is 2.29. The van der Waals surface area contributed by atoms with Crippen LogP contribution in [0, 0.1) is 5.92 Å². The Kier molecular flexibility index (Phi) is 5.20. The molecule has 7 heteroatoms. The third kappa shape index (κ3) is 3.81. The minimum atomic E-state index is -0.275. The number of benzene rings is 1. The lowest BCUT2D eigenvalue weighted by atomic mass is 9.96. The number of carbonyl (C=O) groups excluding carboxylic acids is 2. The summed E-state index contributed by atoms with van der Waals surface area (Å²) in [5, 5.41) is 1.03. The number of likely N-dealkylation sites (tertiary alicyclic amines) is 1. The number of rotatable bonds is 5. The van der Waals surface area contributed by atoms with Crippen molar-refractivity contribution in [3.05, 3.63) is 48.8 Å². The minimum absolute atomic E-state index is 0.0332. The van der Waals surface area contributed by atoms with Gasteiger partial charge in [0.1, 0.15) is 12.3 Å². The number of fused-ring (bicyclic) bond motifs is 1. The molecule has 1 aromatic carbocycles. The number of nitrogens with two attached hydrogens (primary N) is 1. The molecule has 1 fully saturated rings. The molecule has 7 nitrogen and oxygen atoms in total. The van der Waals surface area contributed by atoms with Crippen LogP contribution in [0.5, 0.6) is 5.75 Å². The third-order valence-corrected chi connectivity index (χ3v) is 5.58. The number of methoxy groups -OCH3 is 1. The molecule has 0 aliphatic carbocycles. The summed E-state index contributed by atoms with van der Waals surface area (Å²) >= 11 is 0. The highest BCUT2D eigenvalue weighted by molar-refractivity contribution is 5.93. The zero-order chi connectivity index (χ0) is 20.4. The summed E-state index contributed by atoms with van der Waals surface area (Å²) in [4.78, 5) is 30.6. The molecule has 0 bridgehead atoms. The smallest absolute Gasteiger partial charge is 0.242 e. The highest BCUT2D eigenvalue weighted by atomic mass is 16.5. The Labute approximate surface area is 169 Å². The molecule has 4 rings (SSSR count). The topological polar surface area (TPSA) is 90.5 Å². The quantitative estimate of drug-likeness (QED) is 0.722. The van der Waals surface area contributed by atoms with Crippen LogP contribution in [0.1, 0.15) is 12.8 Å². The van der Waals surface area contributed by atoms with Crippen LogP contribution >= 0.6 is 0 Å². The maximum absolute atomic E-state index is 12.9. The van der Waals surface area contributed by atoms with E-state index in [0.29, 0.717) is 25.9 Å². The van der Waals surface area contributed by atoms with Gasteiger partial charge in [-0.3, -0.25) is 14.6 Å². The van der Waals surface area contributed by atoms with Crippen molar-refractivity contribution in [3.8, 4) is 17.0 Å². The van der Waals surface area contributed by atoms with E-state index in [1.54, 1.807) is 13.3 Å². The molecule has 1 aliphatic heterocycles. The first kappa shape index (κ1) is 19.0. The number of carbonyl (C=O) groups is 2. The molecule has 2 N–H and O–H groups in total. The maximum Gasteiger partial charge on any atom is 0.242 e. The molecule has 0 spiro atoms. The van der Waals surface area contributed by atoms with E-state index in [9.17, 15) is 9.59 Å². The SMILES string of the molecule is COc1cccc(-c2nccc3ccn(CC(=O)N4CCC(C(N)=O)CC4)c23)c1. The largest absolute Gasteiger partial charge is 0.497 e. The molecule has 29 heavy (non-hydrogen) atoms. The highest BCUT2D eigenvalue weighted by Gasteiger charge is 2.26. The first-order valence-electron chi connectivity index (χ1n) is 9.72. The van der Waals surface area contributed by atoms with Crippen molar-refractivity contribution in [2.45, 2.75) is 19.4 Å². The summed E-state index contributed by atoms with van der Waals surface area (Å²) in [6, 6.07) is 11.7. The lowest BCUT2D eigenvalue weighted by Gasteiger charge is -2.30. The molecular formula is C22H24N4O3. The normalized spacial score (nSPS) is 14.9. The Hall–Kier alpha value is -3.35. The molecule has 2 aromatic heterocycles. The van der Waals surface area contributed by atoms with Crippen LogP contribution in [0.4, 0.5) is 0 Å². The molecule has 0 unspecified atom stereocenters. The maximum atomic E-state index is 12.9. The summed E-state index contributed by atoms with van der Waals surface area (Å²) in [5.41, 5.74) is 8.06. The molecule has 1 aliphatic rings. The molecule has 150 valence electrons.